The molecule has 0 spiro atoms. The Hall–Kier alpha value is -2.97. The minimum atomic E-state index is 0. The summed E-state index contributed by atoms with van der Waals surface area (Å²) in [5.41, 5.74) is 3.84. The summed E-state index contributed by atoms with van der Waals surface area (Å²) in [6.07, 6.45) is 0. The van der Waals surface area contributed by atoms with Gasteiger partial charge < -0.3 is 15.3 Å². The number of aryl methyl sites for hydroxylation is 3. The Labute approximate surface area is 211 Å². The molecule has 3 nitrogen and oxygen atoms in total. The third-order valence-corrected chi connectivity index (χ3v) is 4.19. The molecule has 0 aliphatic carbocycles. The zero-order valence-corrected chi connectivity index (χ0v) is 21.3. The standard InChI is InChI=1S/3C7H8O.C7H7.Zr/c3*1-6-4-2-3-5-7(6)8;1-7-5-3-2-4-6-7;/h3*2-5,8H,1H3;2-6H,1H2;/q;;;-1;. The molecule has 166 valence electrons. The van der Waals surface area contributed by atoms with Crippen LogP contribution in [0.2, 0.25) is 0 Å². The van der Waals surface area contributed by atoms with Crippen LogP contribution in [0.3, 0.4) is 0 Å². The van der Waals surface area contributed by atoms with E-state index in [1.165, 1.54) is 0 Å². The number of hydrogen-bond donors (Lipinski definition) is 3. The first-order valence-corrected chi connectivity index (χ1v) is 9.92. The van der Waals surface area contributed by atoms with Crippen LogP contribution in [0.25, 0.3) is 0 Å². The maximum atomic E-state index is 8.92. The first kappa shape index (κ1) is 29.0. The summed E-state index contributed by atoms with van der Waals surface area (Å²) in [6, 6.07) is 31.6. The van der Waals surface area contributed by atoms with E-state index >= 15 is 0 Å². The molecule has 3 N–H and O–H groups in total. The van der Waals surface area contributed by atoms with Crippen LogP contribution >= 0.6 is 0 Å². The Morgan fingerprint density at radius 1 is 0.438 bits per heavy atom. The van der Waals surface area contributed by atoms with Crippen LogP contribution in [-0.2, 0) is 26.2 Å². The van der Waals surface area contributed by atoms with Gasteiger partial charge in [0, 0.05) is 26.2 Å². The van der Waals surface area contributed by atoms with Crippen LogP contribution in [0.5, 0.6) is 17.2 Å². The first-order chi connectivity index (χ1) is 14.8. The van der Waals surface area contributed by atoms with Crippen molar-refractivity contribution in [2.75, 3.05) is 0 Å². The number of benzene rings is 4. The van der Waals surface area contributed by atoms with E-state index in [2.05, 4.69) is 6.92 Å². The molecule has 0 aliphatic heterocycles. The van der Waals surface area contributed by atoms with Gasteiger partial charge in [0.2, 0.25) is 0 Å². The van der Waals surface area contributed by atoms with Crippen molar-refractivity contribution in [3.63, 3.8) is 0 Å². The molecule has 0 saturated carbocycles. The van der Waals surface area contributed by atoms with E-state index in [0.29, 0.717) is 17.2 Å². The van der Waals surface area contributed by atoms with Gasteiger partial charge in [-0.05, 0) is 55.7 Å². The molecule has 0 bridgehead atoms. The van der Waals surface area contributed by atoms with Gasteiger partial charge in [-0.3, -0.25) is 0 Å². The Balaban J connectivity index is 0.000000397. The van der Waals surface area contributed by atoms with Crippen molar-refractivity contribution in [3.8, 4) is 17.2 Å². The fourth-order valence-corrected chi connectivity index (χ4v) is 2.17. The quantitative estimate of drug-likeness (QED) is 0.226. The van der Waals surface area contributed by atoms with Gasteiger partial charge in [-0.15, -0.1) is 12.1 Å². The molecule has 0 fully saturated rings. The normalized spacial score (nSPS) is 8.72. The van der Waals surface area contributed by atoms with Gasteiger partial charge in [0.15, 0.2) is 0 Å². The maximum absolute atomic E-state index is 8.92. The van der Waals surface area contributed by atoms with Crippen molar-refractivity contribution in [2.24, 2.45) is 0 Å². The van der Waals surface area contributed by atoms with Crippen LogP contribution in [0.4, 0.5) is 0 Å². The van der Waals surface area contributed by atoms with Gasteiger partial charge in [-0.1, -0.05) is 60.7 Å². The van der Waals surface area contributed by atoms with Crippen molar-refractivity contribution in [1.29, 1.82) is 0 Å². The van der Waals surface area contributed by atoms with Crippen LogP contribution < -0.4 is 0 Å². The SMILES string of the molecule is Cc1ccccc1O.Cc1ccccc1O.Cc1ccccc1O.[CH2-]c1ccccc1.[Zr]. The van der Waals surface area contributed by atoms with E-state index in [-0.39, 0.29) is 26.2 Å². The number of aromatic hydroxyl groups is 3. The molecule has 0 saturated heterocycles. The molecule has 0 atom stereocenters. The molecule has 0 aromatic heterocycles. The maximum Gasteiger partial charge on any atom is 0.118 e. The summed E-state index contributed by atoms with van der Waals surface area (Å²) in [6.45, 7) is 9.33. The number of phenolic OH excluding ortho intramolecular Hbond substituents is 3. The molecular formula is C28H31O3Zr-. The van der Waals surface area contributed by atoms with Gasteiger partial charge in [-0.2, -0.15) is 24.6 Å². The molecule has 4 heteroatoms. The molecule has 32 heavy (non-hydrogen) atoms. The second-order valence-electron chi connectivity index (χ2n) is 6.85. The van der Waals surface area contributed by atoms with Gasteiger partial charge >= 0.3 is 0 Å². The minimum Gasteiger partial charge on any atom is -0.508 e. The summed E-state index contributed by atoms with van der Waals surface area (Å²) in [7, 11) is 0. The Morgan fingerprint density at radius 2 is 0.688 bits per heavy atom. The molecule has 0 aliphatic rings. The van der Waals surface area contributed by atoms with Crippen molar-refractivity contribution in [2.45, 2.75) is 20.8 Å². The second kappa shape index (κ2) is 16.7. The van der Waals surface area contributed by atoms with E-state index in [4.69, 9.17) is 15.3 Å². The largest absolute Gasteiger partial charge is 0.508 e. The van der Waals surface area contributed by atoms with Crippen molar-refractivity contribution in [3.05, 3.63) is 132 Å². The molecular weight excluding hydrogens is 476 g/mol. The molecule has 0 radical (unpaired) electrons. The third kappa shape index (κ3) is 12.7. The zero-order chi connectivity index (χ0) is 23.1. The molecule has 0 amide bonds. The monoisotopic (exact) mass is 505 g/mol. The fraction of sp³-hybridized carbons (Fsp3) is 0.107. The van der Waals surface area contributed by atoms with Crippen molar-refractivity contribution in [1.82, 2.24) is 0 Å². The summed E-state index contributed by atoms with van der Waals surface area (Å²) < 4.78 is 0. The van der Waals surface area contributed by atoms with E-state index in [1.807, 2.05) is 106 Å². The molecule has 4 aromatic carbocycles. The summed E-state index contributed by atoms with van der Waals surface area (Å²) in [5, 5.41) is 26.8. The smallest absolute Gasteiger partial charge is 0.118 e. The zero-order valence-electron chi connectivity index (χ0n) is 18.9. The summed E-state index contributed by atoms with van der Waals surface area (Å²) in [5.74, 6) is 1.10. The van der Waals surface area contributed by atoms with E-state index < -0.39 is 0 Å². The first-order valence-electron chi connectivity index (χ1n) is 9.92. The van der Waals surface area contributed by atoms with E-state index in [9.17, 15) is 0 Å². The van der Waals surface area contributed by atoms with Crippen LogP contribution in [0.15, 0.2) is 103 Å². The van der Waals surface area contributed by atoms with Crippen LogP contribution in [0, 0.1) is 27.7 Å². The Kier molecular flexibility index (Phi) is 15.1. The van der Waals surface area contributed by atoms with Crippen LogP contribution in [0.1, 0.15) is 22.3 Å². The number of para-hydroxylation sites is 3. The van der Waals surface area contributed by atoms with Crippen LogP contribution in [-0.4, -0.2) is 15.3 Å². The van der Waals surface area contributed by atoms with Crippen molar-refractivity contribution >= 4 is 0 Å². The van der Waals surface area contributed by atoms with Gasteiger partial charge in [0.1, 0.15) is 17.2 Å². The number of rotatable bonds is 0. The van der Waals surface area contributed by atoms with Gasteiger partial charge in [-0.25, -0.2) is 0 Å². The topological polar surface area (TPSA) is 60.7 Å². The Morgan fingerprint density at radius 3 is 0.844 bits per heavy atom. The van der Waals surface area contributed by atoms with Gasteiger partial charge in [0.05, 0.1) is 0 Å². The van der Waals surface area contributed by atoms with Gasteiger partial charge in [0.25, 0.3) is 0 Å². The summed E-state index contributed by atoms with van der Waals surface area (Å²) in [4.78, 5) is 0. The van der Waals surface area contributed by atoms with E-state index in [1.54, 1.807) is 18.2 Å². The average Bonchev–Trinajstić information content (AvgIpc) is 2.77. The summed E-state index contributed by atoms with van der Waals surface area (Å²) >= 11 is 0. The third-order valence-electron chi connectivity index (χ3n) is 4.19. The number of phenols is 3. The average molecular weight is 507 g/mol. The van der Waals surface area contributed by atoms with E-state index in [0.717, 1.165) is 22.3 Å². The molecule has 0 unspecified atom stereocenters. The molecule has 0 heterocycles. The number of hydrogen-bond acceptors (Lipinski definition) is 3. The molecule has 4 aromatic rings. The predicted molar refractivity (Wildman–Crippen MR) is 129 cm³/mol. The fourth-order valence-electron chi connectivity index (χ4n) is 2.17. The minimum absolute atomic E-state index is 0. The van der Waals surface area contributed by atoms with Crippen molar-refractivity contribution < 1.29 is 41.5 Å². The molecule has 4 rings (SSSR count). The predicted octanol–water partition coefficient (Wildman–Crippen LogP) is 6.97. The second-order valence-corrected chi connectivity index (χ2v) is 6.85. The Bertz CT molecular complexity index is 851.